The highest BCUT2D eigenvalue weighted by atomic mass is 16.1. The van der Waals surface area contributed by atoms with E-state index in [4.69, 9.17) is 4.98 Å². The van der Waals surface area contributed by atoms with Crippen molar-refractivity contribution in [3.63, 3.8) is 0 Å². The fraction of sp³-hybridized carbons (Fsp3) is 0.231. The Balaban J connectivity index is 1.70. The van der Waals surface area contributed by atoms with Gasteiger partial charge >= 0.3 is 0 Å². The van der Waals surface area contributed by atoms with Crippen LogP contribution in [0.25, 0.3) is 16.9 Å². The van der Waals surface area contributed by atoms with Gasteiger partial charge in [-0.1, -0.05) is 48.7 Å². The molecule has 0 saturated heterocycles. The van der Waals surface area contributed by atoms with E-state index in [1.165, 1.54) is 16.7 Å². The summed E-state index contributed by atoms with van der Waals surface area (Å²) in [5.41, 5.74) is 6.83. The monoisotopic (exact) mass is 397 g/mol. The highest BCUT2D eigenvalue weighted by Crippen LogP contribution is 2.30. The summed E-state index contributed by atoms with van der Waals surface area (Å²) in [6.07, 6.45) is 5.30. The van der Waals surface area contributed by atoms with E-state index in [0.29, 0.717) is 11.4 Å². The van der Waals surface area contributed by atoms with E-state index in [-0.39, 0.29) is 5.91 Å². The number of imidazole rings is 1. The van der Waals surface area contributed by atoms with Crippen molar-refractivity contribution in [1.29, 1.82) is 0 Å². The maximum Gasteiger partial charge on any atom is 0.256 e. The van der Waals surface area contributed by atoms with Crippen molar-refractivity contribution in [1.82, 2.24) is 9.38 Å². The third kappa shape index (κ3) is 4.13. The van der Waals surface area contributed by atoms with E-state index >= 15 is 0 Å². The smallest absolute Gasteiger partial charge is 0.256 e. The first-order valence-electron chi connectivity index (χ1n) is 10.5. The molecule has 0 aliphatic heterocycles. The maximum atomic E-state index is 13.0. The van der Waals surface area contributed by atoms with Crippen LogP contribution >= 0.6 is 0 Å². The minimum atomic E-state index is -0.131. The second-order valence-corrected chi connectivity index (χ2v) is 7.87. The van der Waals surface area contributed by atoms with Crippen LogP contribution in [0.2, 0.25) is 0 Å². The molecular formula is C26H27N3O. The number of fused-ring (bicyclic) bond motifs is 1. The van der Waals surface area contributed by atoms with Gasteiger partial charge in [0.2, 0.25) is 0 Å². The number of nitrogens with zero attached hydrogens (tertiary/aromatic N) is 2. The fourth-order valence-corrected chi connectivity index (χ4v) is 3.81. The van der Waals surface area contributed by atoms with Gasteiger partial charge in [-0.2, -0.15) is 0 Å². The van der Waals surface area contributed by atoms with Crippen LogP contribution in [0.1, 0.15) is 46.8 Å². The summed E-state index contributed by atoms with van der Waals surface area (Å²) in [6, 6.07) is 20.1. The van der Waals surface area contributed by atoms with Gasteiger partial charge in [0.25, 0.3) is 5.91 Å². The van der Waals surface area contributed by atoms with Gasteiger partial charge in [-0.25, -0.2) is 4.98 Å². The predicted molar refractivity (Wildman–Crippen MR) is 123 cm³/mol. The molecule has 0 unspecified atom stereocenters. The Morgan fingerprint density at radius 1 is 1.00 bits per heavy atom. The summed E-state index contributed by atoms with van der Waals surface area (Å²) in [5, 5.41) is 3.11. The number of rotatable bonds is 6. The lowest BCUT2D eigenvalue weighted by Gasteiger charge is -2.10. The van der Waals surface area contributed by atoms with Crippen LogP contribution in [0.4, 0.5) is 5.82 Å². The van der Waals surface area contributed by atoms with Crippen molar-refractivity contribution in [3.05, 3.63) is 89.1 Å². The Kier molecular flexibility index (Phi) is 5.66. The van der Waals surface area contributed by atoms with Crippen molar-refractivity contribution in [2.75, 3.05) is 5.32 Å². The van der Waals surface area contributed by atoms with Crippen molar-refractivity contribution in [3.8, 4) is 11.3 Å². The van der Waals surface area contributed by atoms with Crippen LogP contribution in [-0.2, 0) is 6.42 Å². The fourth-order valence-electron chi connectivity index (χ4n) is 3.81. The van der Waals surface area contributed by atoms with Crippen molar-refractivity contribution in [2.24, 2.45) is 0 Å². The molecule has 2 aromatic carbocycles. The van der Waals surface area contributed by atoms with Gasteiger partial charge in [0.1, 0.15) is 17.2 Å². The Hall–Kier alpha value is -3.40. The Bertz CT molecular complexity index is 1170. The van der Waals surface area contributed by atoms with Crippen LogP contribution < -0.4 is 5.32 Å². The first-order valence-corrected chi connectivity index (χ1v) is 10.5. The lowest BCUT2D eigenvalue weighted by atomic mass is 10.0. The van der Waals surface area contributed by atoms with Crippen molar-refractivity contribution < 1.29 is 4.79 Å². The summed E-state index contributed by atoms with van der Waals surface area (Å²) < 4.78 is 1.93. The largest absolute Gasteiger partial charge is 0.306 e. The molecule has 30 heavy (non-hydrogen) atoms. The number of aromatic nitrogens is 2. The SMILES string of the molecule is CCCCc1ccc(C(=O)Nc2c(-c3cc(C)cc(C)c3)nc3ccccn23)cc1. The number of hydrogen-bond donors (Lipinski definition) is 1. The van der Waals surface area contributed by atoms with Gasteiger partial charge in [-0.15, -0.1) is 0 Å². The molecule has 2 aromatic heterocycles. The molecule has 1 amide bonds. The van der Waals surface area contributed by atoms with Crippen LogP contribution in [0.5, 0.6) is 0 Å². The van der Waals surface area contributed by atoms with E-state index < -0.39 is 0 Å². The van der Waals surface area contributed by atoms with Gasteiger partial charge in [-0.05, 0) is 68.7 Å². The number of aryl methyl sites for hydroxylation is 3. The molecule has 4 heteroatoms. The standard InChI is InChI=1S/C26H27N3O/c1-4-5-8-20-10-12-21(13-11-20)26(30)28-25-24(22-16-18(2)15-19(3)17-22)27-23-9-6-7-14-29(23)25/h6-7,9-17H,4-5,8H2,1-3H3,(H,28,30). The Morgan fingerprint density at radius 3 is 2.43 bits per heavy atom. The van der Waals surface area contributed by atoms with Crippen LogP contribution in [0.3, 0.4) is 0 Å². The number of benzene rings is 2. The van der Waals surface area contributed by atoms with Crippen molar-refractivity contribution in [2.45, 2.75) is 40.0 Å². The average molecular weight is 398 g/mol. The van der Waals surface area contributed by atoms with Gasteiger partial charge in [0.05, 0.1) is 0 Å². The summed E-state index contributed by atoms with van der Waals surface area (Å²) in [7, 11) is 0. The normalized spacial score (nSPS) is 11.0. The number of unbranched alkanes of at least 4 members (excludes halogenated alkanes) is 1. The zero-order chi connectivity index (χ0) is 21.1. The van der Waals surface area contributed by atoms with Gasteiger partial charge in [0, 0.05) is 17.3 Å². The summed E-state index contributed by atoms with van der Waals surface area (Å²) in [4.78, 5) is 17.9. The average Bonchev–Trinajstić information content (AvgIpc) is 3.10. The molecule has 0 saturated carbocycles. The maximum absolute atomic E-state index is 13.0. The van der Waals surface area contributed by atoms with E-state index in [9.17, 15) is 4.79 Å². The minimum Gasteiger partial charge on any atom is -0.306 e. The van der Waals surface area contributed by atoms with Crippen LogP contribution in [0, 0.1) is 13.8 Å². The molecule has 0 spiro atoms. The molecule has 4 aromatic rings. The summed E-state index contributed by atoms with van der Waals surface area (Å²) in [5.74, 6) is 0.559. The summed E-state index contributed by atoms with van der Waals surface area (Å²) in [6.45, 7) is 6.33. The number of anilines is 1. The molecule has 152 valence electrons. The zero-order valence-corrected chi connectivity index (χ0v) is 17.8. The first-order chi connectivity index (χ1) is 14.5. The van der Waals surface area contributed by atoms with Gasteiger partial charge < -0.3 is 5.32 Å². The highest BCUT2D eigenvalue weighted by molar-refractivity contribution is 6.05. The van der Waals surface area contributed by atoms with E-state index in [2.05, 4.69) is 44.3 Å². The number of nitrogens with one attached hydrogen (secondary N) is 1. The lowest BCUT2D eigenvalue weighted by Crippen LogP contribution is -2.14. The van der Waals surface area contributed by atoms with Crippen molar-refractivity contribution >= 4 is 17.4 Å². The lowest BCUT2D eigenvalue weighted by molar-refractivity contribution is 0.102. The van der Waals surface area contributed by atoms with Crippen LogP contribution in [0.15, 0.2) is 66.9 Å². The third-order valence-corrected chi connectivity index (χ3v) is 5.29. The molecule has 1 N–H and O–H groups in total. The molecule has 0 fully saturated rings. The third-order valence-electron chi connectivity index (χ3n) is 5.29. The number of hydrogen-bond acceptors (Lipinski definition) is 2. The molecule has 0 aliphatic rings. The molecule has 0 aliphatic carbocycles. The molecule has 2 heterocycles. The molecular weight excluding hydrogens is 370 g/mol. The van der Waals surface area contributed by atoms with Gasteiger partial charge in [0.15, 0.2) is 0 Å². The van der Waals surface area contributed by atoms with Crippen LogP contribution in [-0.4, -0.2) is 15.3 Å². The number of carbonyl (C=O) groups excluding carboxylic acids is 1. The molecule has 0 bridgehead atoms. The Labute approximate surface area is 177 Å². The summed E-state index contributed by atoms with van der Waals surface area (Å²) >= 11 is 0. The van der Waals surface area contributed by atoms with E-state index in [0.717, 1.165) is 36.2 Å². The van der Waals surface area contributed by atoms with E-state index in [1.807, 2.05) is 53.1 Å². The number of pyridine rings is 1. The predicted octanol–water partition coefficient (Wildman–Crippen LogP) is 6.21. The van der Waals surface area contributed by atoms with Gasteiger partial charge in [-0.3, -0.25) is 9.20 Å². The molecule has 0 atom stereocenters. The van der Waals surface area contributed by atoms with E-state index in [1.54, 1.807) is 0 Å². The zero-order valence-electron chi connectivity index (χ0n) is 17.8. The first kappa shape index (κ1) is 19.9. The second-order valence-electron chi connectivity index (χ2n) is 7.87. The molecule has 0 radical (unpaired) electrons. The second kappa shape index (κ2) is 8.54. The highest BCUT2D eigenvalue weighted by Gasteiger charge is 2.17. The molecule has 4 nitrogen and oxygen atoms in total. The molecule has 4 rings (SSSR count). The Morgan fingerprint density at radius 2 is 1.73 bits per heavy atom. The quantitative estimate of drug-likeness (QED) is 0.420. The topological polar surface area (TPSA) is 46.4 Å². The number of amides is 1. The minimum absolute atomic E-state index is 0.131. The number of carbonyl (C=O) groups is 1.